The van der Waals surface area contributed by atoms with E-state index < -0.39 is 22.1 Å². The number of rotatable bonds is 4. The number of aliphatic carboxylic acids is 1. The van der Waals surface area contributed by atoms with E-state index in [9.17, 15) is 19.3 Å². The Morgan fingerprint density at radius 2 is 2.11 bits per heavy atom. The molecule has 1 fully saturated rings. The van der Waals surface area contributed by atoms with Crippen LogP contribution in [0.5, 0.6) is 0 Å². The van der Waals surface area contributed by atoms with Gasteiger partial charge in [0.05, 0.1) is 16.4 Å². The van der Waals surface area contributed by atoms with Gasteiger partial charge in [0.2, 0.25) is 0 Å². The molecule has 0 radical (unpaired) electrons. The lowest BCUT2D eigenvalue weighted by atomic mass is 9.65. The number of carboxylic acid groups (broad SMARTS) is 1. The summed E-state index contributed by atoms with van der Waals surface area (Å²) in [6.07, 6.45) is 2.03. The average Bonchev–Trinajstić information content (AvgIpc) is 2.22. The van der Waals surface area contributed by atoms with Crippen molar-refractivity contribution in [3.63, 3.8) is 0 Å². The van der Waals surface area contributed by atoms with Gasteiger partial charge < -0.3 is 5.11 Å². The molecule has 1 aromatic carbocycles. The van der Waals surface area contributed by atoms with Crippen molar-refractivity contribution in [2.24, 2.45) is 5.41 Å². The van der Waals surface area contributed by atoms with E-state index in [0.717, 1.165) is 18.6 Å². The predicted molar refractivity (Wildman–Crippen MR) is 60.7 cm³/mol. The minimum atomic E-state index is -0.916. The summed E-state index contributed by atoms with van der Waals surface area (Å²) in [7, 11) is 0. The molecule has 0 saturated heterocycles. The first-order valence-corrected chi connectivity index (χ1v) is 5.60. The number of benzene rings is 1. The fourth-order valence-electron chi connectivity index (χ4n) is 2.30. The summed E-state index contributed by atoms with van der Waals surface area (Å²) in [6.45, 7) is 0. The highest BCUT2D eigenvalue weighted by atomic mass is 19.1. The Hall–Kier alpha value is -1.98. The van der Waals surface area contributed by atoms with Gasteiger partial charge in [0, 0.05) is 6.07 Å². The highest BCUT2D eigenvalue weighted by Gasteiger charge is 2.44. The number of nitro benzene ring substituents is 1. The van der Waals surface area contributed by atoms with Crippen LogP contribution in [0.4, 0.5) is 10.1 Å². The summed E-state index contributed by atoms with van der Waals surface area (Å²) in [5.74, 6) is -1.63. The van der Waals surface area contributed by atoms with Gasteiger partial charge in [-0.1, -0.05) is 6.42 Å². The number of halogens is 1. The fourth-order valence-corrected chi connectivity index (χ4v) is 2.30. The molecule has 1 N–H and O–H groups in total. The van der Waals surface area contributed by atoms with Gasteiger partial charge in [0.1, 0.15) is 5.82 Å². The molecule has 0 heterocycles. The lowest BCUT2D eigenvalue weighted by Crippen LogP contribution is -2.39. The Balaban J connectivity index is 2.29. The summed E-state index contributed by atoms with van der Waals surface area (Å²) in [5, 5.41) is 19.8. The second kappa shape index (κ2) is 4.36. The molecule has 0 unspecified atom stereocenters. The number of non-ortho nitro benzene ring substituents is 1. The molecular formula is C12H12FNO4. The first kappa shape index (κ1) is 12.5. The van der Waals surface area contributed by atoms with E-state index in [1.165, 1.54) is 6.07 Å². The van der Waals surface area contributed by atoms with Crippen molar-refractivity contribution in [3.05, 3.63) is 39.7 Å². The van der Waals surface area contributed by atoms with Gasteiger partial charge in [-0.15, -0.1) is 0 Å². The molecule has 5 nitrogen and oxygen atoms in total. The van der Waals surface area contributed by atoms with Crippen LogP contribution in [0.3, 0.4) is 0 Å². The molecule has 2 rings (SSSR count). The highest BCUT2D eigenvalue weighted by Crippen LogP contribution is 2.44. The van der Waals surface area contributed by atoms with E-state index in [0.29, 0.717) is 18.4 Å². The maximum atomic E-state index is 13.2. The summed E-state index contributed by atoms with van der Waals surface area (Å²) in [5.41, 5.74) is -0.851. The van der Waals surface area contributed by atoms with Crippen LogP contribution < -0.4 is 0 Å². The number of hydrogen-bond donors (Lipinski definition) is 1. The zero-order valence-electron chi connectivity index (χ0n) is 9.56. The van der Waals surface area contributed by atoms with E-state index >= 15 is 0 Å². The maximum absolute atomic E-state index is 13.2. The number of carbonyl (C=O) groups is 1. The van der Waals surface area contributed by atoms with Crippen LogP contribution in [-0.4, -0.2) is 16.0 Å². The fraction of sp³-hybridized carbons (Fsp3) is 0.417. The quantitative estimate of drug-likeness (QED) is 0.660. The van der Waals surface area contributed by atoms with E-state index in [1.54, 1.807) is 0 Å². The van der Waals surface area contributed by atoms with Crippen LogP contribution in [0.15, 0.2) is 18.2 Å². The van der Waals surface area contributed by atoms with Crippen molar-refractivity contribution in [3.8, 4) is 0 Å². The zero-order valence-corrected chi connectivity index (χ0v) is 9.56. The van der Waals surface area contributed by atoms with Gasteiger partial charge in [0.15, 0.2) is 0 Å². The van der Waals surface area contributed by atoms with Gasteiger partial charge in [0.25, 0.3) is 5.69 Å². The summed E-state index contributed by atoms with van der Waals surface area (Å²) >= 11 is 0. The van der Waals surface area contributed by atoms with Crippen molar-refractivity contribution in [1.29, 1.82) is 0 Å². The van der Waals surface area contributed by atoms with E-state index in [-0.39, 0.29) is 12.1 Å². The lowest BCUT2D eigenvalue weighted by Gasteiger charge is -2.37. The normalized spacial score (nSPS) is 16.9. The maximum Gasteiger partial charge on any atom is 0.309 e. The topological polar surface area (TPSA) is 80.4 Å². The molecule has 1 aliphatic carbocycles. The van der Waals surface area contributed by atoms with Crippen LogP contribution in [0.2, 0.25) is 0 Å². The molecular weight excluding hydrogens is 241 g/mol. The molecule has 0 spiro atoms. The molecule has 0 bridgehead atoms. The lowest BCUT2D eigenvalue weighted by molar-refractivity contribution is -0.385. The Labute approximate surface area is 102 Å². The average molecular weight is 253 g/mol. The highest BCUT2D eigenvalue weighted by molar-refractivity contribution is 5.76. The van der Waals surface area contributed by atoms with Crippen molar-refractivity contribution in [2.75, 3.05) is 0 Å². The first-order valence-electron chi connectivity index (χ1n) is 5.60. The molecule has 0 amide bonds. The Bertz CT molecular complexity index is 511. The van der Waals surface area contributed by atoms with Crippen molar-refractivity contribution < 1.29 is 19.2 Å². The predicted octanol–water partition coefficient (Wildman–Crippen LogP) is 2.53. The van der Waals surface area contributed by atoms with Crippen LogP contribution in [-0.2, 0) is 11.2 Å². The third-order valence-electron chi connectivity index (χ3n) is 3.46. The summed E-state index contributed by atoms with van der Waals surface area (Å²) in [6, 6.07) is 3.24. The minimum absolute atomic E-state index is 0.140. The third kappa shape index (κ3) is 2.18. The Morgan fingerprint density at radius 3 is 2.56 bits per heavy atom. The van der Waals surface area contributed by atoms with Crippen LogP contribution >= 0.6 is 0 Å². The Morgan fingerprint density at radius 1 is 1.44 bits per heavy atom. The van der Waals surface area contributed by atoms with E-state index in [2.05, 4.69) is 0 Å². The Kier molecular flexibility index (Phi) is 3.02. The monoisotopic (exact) mass is 253 g/mol. The second-order valence-electron chi connectivity index (χ2n) is 4.69. The molecule has 0 aliphatic heterocycles. The molecule has 1 aliphatic rings. The number of hydrogen-bond acceptors (Lipinski definition) is 3. The number of nitro groups is 1. The van der Waals surface area contributed by atoms with Crippen LogP contribution in [0.1, 0.15) is 24.8 Å². The second-order valence-corrected chi connectivity index (χ2v) is 4.69. The third-order valence-corrected chi connectivity index (χ3v) is 3.46. The van der Waals surface area contributed by atoms with Crippen LogP contribution in [0.25, 0.3) is 0 Å². The first-order chi connectivity index (χ1) is 8.43. The number of carboxylic acids is 1. The zero-order chi connectivity index (χ0) is 13.3. The molecule has 1 aromatic rings. The minimum Gasteiger partial charge on any atom is -0.481 e. The molecule has 0 aromatic heterocycles. The van der Waals surface area contributed by atoms with Crippen molar-refractivity contribution in [2.45, 2.75) is 25.7 Å². The van der Waals surface area contributed by atoms with Gasteiger partial charge in [-0.05, 0) is 30.9 Å². The van der Waals surface area contributed by atoms with E-state index in [4.69, 9.17) is 5.11 Å². The van der Waals surface area contributed by atoms with Gasteiger partial charge in [-0.3, -0.25) is 14.9 Å². The summed E-state index contributed by atoms with van der Waals surface area (Å²) in [4.78, 5) is 21.1. The van der Waals surface area contributed by atoms with Crippen molar-refractivity contribution in [1.82, 2.24) is 0 Å². The molecule has 0 atom stereocenters. The largest absolute Gasteiger partial charge is 0.481 e. The van der Waals surface area contributed by atoms with Gasteiger partial charge >= 0.3 is 5.97 Å². The standard InChI is InChI=1S/C12H12FNO4/c13-9-4-8(5-10(6-9)14(17)18)7-12(11(15)16)2-1-3-12/h4-6H,1-3,7H2,(H,15,16). The van der Waals surface area contributed by atoms with Gasteiger partial charge in [-0.25, -0.2) is 4.39 Å². The van der Waals surface area contributed by atoms with Crippen molar-refractivity contribution >= 4 is 11.7 Å². The number of nitrogens with zero attached hydrogens (tertiary/aromatic N) is 1. The summed E-state index contributed by atoms with van der Waals surface area (Å²) < 4.78 is 13.2. The van der Waals surface area contributed by atoms with E-state index in [1.807, 2.05) is 0 Å². The van der Waals surface area contributed by atoms with Crippen LogP contribution in [0, 0.1) is 21.3 Å². The molecule has 96 valence electrons. The van der Waals surface area contributed by atoms with Gasteiger partial charge in [-0.2, -0.15) is 0 Å². The molecule has 1 saturated carbocycles. The molecule has 18 heavy (non-hydrogen) atoms. The smallest absolute Gasteiger partial charge is 0.309 e. The molecule has 6 heteroatoms. The SMILES string of the molecule is O=C(O)C1(Cc2cc(F)cc([N+](=O)[O-])c2)CCC1.